The molecular formula is C21H27N3O2. The number of pyridine rings is 1. The van der Waals surface area contributed by atoms with Gasteiger partial charge in [-0.25, -0.2) is 0 Å². The fraction of sp³-hybridized carbons (Fsp3) is 0.524. The molecular weight excluding hydrogens is 326 g/mol. The highest BCUT2D eigenvalue weighted by atomic mass is 16.5. The van der Waals surface area contributed by atoms with E-state index in [-0.39, 0.29) is 11.8 Å². The SMILES string of the molecule is O=C(NCc1ccc2ccccc2n1)C1CCN(C2CCOCC2)CC1. The van der Waals surface area contributed by atoms with Gasteiger partial charge in [-0.3, -0.25) is 9.78 Å². The summed E-state index contributed by atoms with van der Waals surface area (Å²) in [6.45, 7) is 4.31. The number of aromatic nitrogens is 1. The van der Waals surface area contributed by atoms with E-state index < -0.39 is 0 Å². The van der Waals surface area contributed by atoms with E-state index in [4.69, 9.17) is 4.74 Å². The minimum atomic E-state index is 0.131. The first-order chi connectivity index (χ1) is 12.8. The molecule has 0 aliphatic carbocycles. The highest BCUT2D eigenvalue weighted by Gasteiger charge is 2.29. The van der Waals surface area contributed by atoms with Crippen LogP contribution in [0.25, 0.3) is 10.9 Å². The summed E-state index contributed by atoms with van der Waals surface area (Å²) in [6, 6.07) is 12.8. The van der Waals surface area contributed by atoms with Gasteiger partial charge in [-0.2, -0.15) is 0 Å². The predicted molar refractivity (Wildman–Crippen MR) is 102 cm³/mol. The normalized spacial score (nSPS) is 20.3. The Balaban J connectivity index is 1.27. The first-order valence-electron chi connectivity index (χ1n) is 9.74. The molecule has 26 heavy (non-hydrogen) atoms. The van der Waals surface area contributed by atoms with Gasteiger partial charge in [0.2, 0.25) is 5.91 Å². The molecule has 2 aromatic rings. The molecule has 2 fully saturated rings. The Morgan fingerprint density at radius 3 is 2.65 bits per heavy atom. The fourth-order valence-electron chi connectivity index (χ4n) is 4.11. The monoisotopic (exact) mass is 353 g/mol. The second-order valence-corrected chi connectivity index (χ2v) is 7.37. The Labute approximate surface area is 154 Å². The van der Waals surface area contributed by atoms with Gasteiger partial charge in [-0.15, -0.1) is 0 Å². The van der Waals surface area contributed by atoms with Crippen molar-refractivity contribution in [1.82, 2.24) is 15.2 Å². The van der Waals surface area contributed by atoms with Crippen molar-refractivity contribution in [3.8, 4) is 0 Å². The Morgan fingerprint density at radius 2 is 1.85 bits per heavy atom. The van der Waals surface area contributed by atoms with Crippen LogP contribution in [-0.2, 0) is 16.1 Å². The van der Waals surface area contributed by atoms with Gasteiger partial charge < -0.3 is 15.0 Å². The topological polar surface area (TPSA) is 54.5 Å². The zero-order valence-corrected chi connectivity index (χ0v) is 15.2. The highest BCUT2D eigenvalue weighted by molar-refractivity contribution is 5.79. The third kappa shape index (κ3) is 4.05. The number of benzene rings is 1. The maximum absolute atomic E-state index is 12.5. The summed E-state index contributed by atoms with van der Waals surface area (Å²) < 4.78 is 5.45. The summed E-state index contributed by atoms with van der Waals surface area (Å²) in [5, 5.41) is 4.22. The van der Waals surface area contributed by atoms with Crippen LogP contribution in [0.4, 0.5) is 0 Å². The van der Waals surface area contributed by atoms with Crippen LogP contribution in [-0.4, -0.2) is 48.1 Å². The zero-order chi connectivity index (χ0) is 17.8. The number of carbonyl (C=O) groups is 1. The molecule has 1 amide bonds. The Kier molecular flexibility index (Phi) is 5.46. The smallest absolute Gasteiger partial charge is 0.223 e. The number of nitrogens with zero attached hydrogens (tertiary/aromatic N) is 2. The molecule has 1 aromatic heterocycles. The maximum atomic E-state index is 12.5. The molecule has 5 nitrogen and oxygen atoms in total. The lowest BCUT2D eigenvalue weighted by Crippen LogP contribution is -2.46. The van der Waals surface area contributed by atoms with Gasteiger partial charge in [0.15, 0.2) is 0 Å². The van der Waals surface area contributed by atoms with E-state index in [0.717, 1.165) is 68.6 Å². The van der Waals surface area contributed by atoms with Crippen LogP contribution >= 0.6 is 0 Å². The van der Waals surface area contributed by atoms with Crippen molar-refractivity contribution < 1.29 is 9.53 Å². The number of rotatable bonds is 4. The molecule has 2 aliphatic rings. The number of hydrogen-bond donors (Lipinski definition) is 1. The molecule has 0 saturated carbocycles. The average Bonchev–Trinajstić information content (AvgIpc) is 2.72. The molecule has 4 rings (SSSR count). The molecule has 0 bridgehead atoms. The molecule has 2 aliphatic heterocycles. The molecule has 5 heteroatoms. The molecule has 0 unspecified atom stereocenters. The van der Waals surface area contributed by atoms with E-state index >= 15 is 0 Å². The predicted octanol–water partition coefficient (Wildman–Crippen LogP) is 2.74. The first kappa shape index (κ1) is 17.4. The summed E-state index contributed by atoms with van der Waals surface area (Å²) >= 11 is 0. The van der Waals surface area contributed by atoms with Gasteiger partial charge >= 0.3 is 0 Å². The molecule has 0 atom stereocenters. The van der Waals surface area contributed by atoms with Crippen molar-refractivity contribution in [2.45, 2.75) is 38.3 Å². The van der Waals surface area contributed by atoms with E-state index in [9.17, 15) is 4.79 Å². The van der Waals surface area contributed by atoms with Crippen LogP contribution in [0.2, 0.25) is 0 Å². The molecule has 2 saturated heterocycles. The van der Waals surface area contributed by atoms with Gasteiger partial charge in [0.25, 0.3) is 0 Å². The lowest BCUT2D eigenvalue weighted by atomic mass is 9.93. The van der Waals surface area contributed by atoms with Gasteiger partial charge in [0.1, 0.15) is 0 Å². The molecule has 138 valence electrons. The van der Waals surface area contributed by atoms with Crippen LogP contribution in [0, 0.1) is 5.92 Å². The van der Waals surface area contributed by atoms with Crippen LogP contribution in [0.5, 0.6) is 0 Å². The van der Waals surface area contributed by atoms with Crippen molar-refractivity contribution >= 4 is 16.8 Å². The van der Waals surface area contributed by atoms with Crippen molar-refractivity contribution in [3.63, 3.8) is 0 Å². The molecule has 1 N–H and O–H groups in total. The number of carbonyl (C=O) groups excluding carboxylic acids is 1. The average molecular weight is 353 g/mol. The Bertz CT molecular complexity index is 750. The molecule has 1 aromatic carbocycles. The number of amides is 1. The number of likely N-dealkylation sites (tertiary alicyclic amines) is 1. The van der Waals surface area contributed by atoms with E-state index in [1.807, 2.05) is 24.3 Å². The third-order valence-electron chi connectivity index (χ3n) is 5.71. The van der Waals surface area contributed by atoms with Crippen molar-refractivity contribution in [2.75, 3.05) is 26.3 Å². The second kappa shape index (κ2) is 8.14. The highest BCUT2D eigenvalue weighted by Crippen LogP contribution is 2.23. The van der Waals surface area contributed by atoms with Gasteiger partial charge in [-0.1, -0.05) is 24.3 Å². The van der Waals surface area contributed by atoms with Gasteiger partial charge in [0.05, 0.1) is 17.8 Å². The minimum Gasteiger partial charge on any atom is -0.381 e. The molecule has 0 spiro atoms. The summed E-state index contributed by atoms with van der Waals surface area (Å²) in [6.07, 6.45) is 4.16. The zero-order valence-electron chi connectivity index (χ0n) is 15.2. The van der Waals surface area contributed by atoms with Crippen LogP contribution in [0.3, 0.4) is 0 Å². The van der Waals surface area contributed by atoms with Gasteiger partial charge in [-0.05, 0) is 50.9 Å². The van der Waals surface area contributed by atoms with E-state index in [1.54, 1.807) is 0 Å². The maximum Gasteiger partial charge on any atom is 0.223 e. The summed E-state index contributed by atoms with van der Waals surface area (Å²) in [5.41, 5.74) is 1.89. The number of ether oxygens (including phenoxy) is 1. The van der Waals surface area contributed by atoms with Crippen LogP contribution in [0.1, 0.15) is 31.4 Å². The summed E-state index contributed by atoms with van der Waals surface area (Å²) in [7, 11) is 0. The number of para-hydroxylation sites is 1. The summed E-state index contributed by atoms with van der Waals surface area (Å²) in [5.74, 6) is 0.304. The lowest BCUT2D eigenvalue weighted by molar-refractivity contribution is -0.127. The van der Waals surface area contributed by atoms with Crippen molar-refractivity contribution in [2.24, 2.45) is 5.92 Å². The first-order valence-corrected chi connectivity index (χ1v) is 9.74. The largest absolute Gasteiger partial charge is 0.381 e. The van der Waals surface area contributed by atoms with E-state index in [0.29, 0.717) is 12.6 Å². The fourth-order valence-corrected chi connectivity index (χ4v) is 4.11. The lowest BCUT2D eigenvalue weighted by Gasteiger charge is -2.38. The Morgan fingerprint density at radius 1 is 1.08 bits per heavy atom. The number of fused-ring (bicyclic) bond motifs is 1. The number of hydrogen-bond acceptors (Lipinski definition) is 4. The standard InChI is InChI=1S/C21H27N3O2/c25-21(17-7-11-24(12-8-17)19-9-13-26-14-10-19)22-15-18-6-5-16-3-1-2-4-20(16)23-18/h1-6,17,19H,7-15H2,(H,22,25). The molecule has 0 radical (unpaired) electrons. The van der Waals surface area contributed by atoms with Crippen molar-refractivity contribution in [3.05, 3.63) is 42.1 Å². The number of piperidine rings is 1. The minimum absolute atomic E-state index is 0.131. The number of nitrogens with one attached hydrogen (secondary N) is 1. The summed E-state index contributed by atoms with van der Waals surface area (Å²) in [4.78, 5) is 19.7. The van der Waals surface area contributed by atoms with Gasteiger partial charge in [0, 0.05) is 30.6 Å². The van der Waals surface area contributed by atoms with E-state index in [2.05, 4.69) is 27.3 Å². The van der Waals surface area contributed by atoms with E-state index in [1.165, 1.54) is 0 Å². The van der Waals surface area contributed by atoms with Crippen LogP contribution < -0.4 is 5.32 Å². The molecule has 3 heterocycles. The van der Waals surface area contributed by atoms with Crippen molar-refractivity contribution in [1.29, 1.82) is 0 Å². The third-order valence-corrected chi connectivity index (χ3v) is 5.71. The van der Waals surface area contributed by atoms with Crippen LogP contribution in [0.15, 0.2) is 36.4 Å². The Hall–Kier alpha value is -1.98. The quantitative estimate of drug-likeness (QED) is 0.918. The second-order valence-electron chi connectivity index (χ2n) is 7.37.